The summed E-state index contributed by atoms with van der Waals surface area (Å²) >= 11 is 0. The Labute approximate surface area is 204 Å². The van der Waals surface area contributed by atoms with E-state index in [1.54, 1.807) is 0 Å². The molecule has 0 radical (unpaired) electrons. The maximum atomic E-state index is 4.95. The minimum atomic E-state index is 0. The van der Waals surface area contributed by atoms with E-state index in [1.807, 2.05) is 18.5 Å². The summed E-state index contributed by atoms with van der Waals surface area (Å²) in [6, 6.07) is 15.8. The SMILES string of the molecule is CCNC(=NCCc1cccnc1)N1CCC2C(CCCN2Cc2ccccc2)C1.I. The van der Waals surface area contributed by atoms with Gasteiger partial charge in [-0.1, -0.05) is 36.4 Å². The summed E-state index contributed by atoms with van der Waals surface area (Å²) in [6.45, 7) is 8.40. The fourth-order valence-electron chi connectivity index (χ4n) is 4.98. The minimum Gasteiger partial charge on any atom is -0.357 e. The largest absolute Gasteiger partial charge is 0.357 e. The molecule has 1 aromatic heterocycles. The third kappa shape index (κ3) is 6.65. The molecule has 0 bridgehead atoms. The first-order chi connectivity index (χ1) is 14.8. The van der Waals surface area contributed by atoms with Crippen molar-refractivity contribution >= 4 is 29.9 Å². The number of fused-ring (bicyclic) bond motifs is 1. The smallest absolute Gasteiger partial charge is 0.193 e. The predicted molar refractivity (Wildman–Crippen MR) is 139 cm³/mol. The van der Waals surface area contributed by atoms with E-state index in [1.165, 1.54) is 36.9 Å². The second-order valence-electron chi connectivity index (χ2n) is 8.51. The van der Waals surface area contributed by atoms with Crippen molar-refractivity contribution in [2.75, 3.05) is 32.7 Å². The topological polar surface area (TPSA) is 43.8 Å². The summed E-state index contributed by atoms with van der Waals surface area (Å²) in [6.07, 6.45) is 8.57. The first-order valence-electron chi connectivity index (χ1n) is 11.5. The Balaban J connectivity index is 0.00000272. The van der Waals surface area contributed by atoms with Crippen LogP contribution < -0.4 is 5.32 Å². The number of hydrogen-bond acceptors (Lipinski definition) is 3. The van der Waals surface area contributed by atoms with Gasteiger partial charge in [-0.05, 0) is 62.3 Å². The molecular formula is C25H36IN5. The summed E-state index contributed by atoms with van der Waals surface area (Å²) in [7, 11) is 0. The van der Waals surface area contributed by atoms with E-state index in [2.05, 4.69) is 63.4 Å². The van der Waals surface area contributed by atoms with Gasteiger partial charge in [0, 0.05) is 51.2 Å². The molecule has 1 N–H and O–H groups in total. The van der Waals surface area contributed by atoms with E-state index < -0.39 is 0 Å². The van der Waals surface area contributed by atoms with Crippen LogP contribution in [0.3, 0.4) is 0 Å². The molecule has 3 heterocycles. The van der Waals surface area contributed by atoms with E-state index in [0.717, 1.165) is 51.0 Å². The maximum Gasteiger partial charge on any atom is 0.193 e. The Kier molecular flexibility index (Phi) is 9.58. The van der Waals surface area contributed by atoms with Crippen molar-refractivity contribution in [1.82, 2.24) is 20.1 Å². The zero-order valence-corrected chi connectivity index (χ0v) is 20.9. The molecule has 31 heavy (non-hydrogen) atoms. The fraction of sp³-hybridized carbons (Fsp3) is 0.520. The van der Waals surface area contributed by atoms with Gasteiger partial charge in [-0.15, -0.1) is 24.0 Å². The molecular weight excluding hydrogens is 497 g/mol. The number of benzene rings is 1. The van der Waals surface area contributed by atoms with Gasteiger partial charge in [-0.25, -0.2) is 0 Å². The normalized spacial score (nSPS) is 21.8. The van der Waals surface area contributed by atoms with Gasteiger partial charge < -0.3 is 10.2 Å². The Bertz CT molecular complexity index is 798. The summed E-state index contributed by atoms with van der Waals surface area (Å²) in [5, 5.41) is 3.53. The van der Waals surface area contributed by atoms with Crippen LogP contribution in [0.15, 0.2) is 59.9 Å². The van der Waals surface area contributed by atoms with Crippen LogP contribution in [0.4, 0.5) is 0 Å². The molecule has 2 unspecified atom stereocenters. The Morgan fingerprint density at radius 2 is 1.94 bits per heavy atom. The fourth-order valence-corrected chi connectivity index (χ4v) is 4.98. The zero-order valence-electron chi connectivity index (χ0n) is 18.6. The standard InChI is InChI=1S/C25H35N5.HI/c1-2-27-25(28-15-12-21-10-6-14-26-18-21)30-17-13-24-23(20-30)11-7-16-29(24)19-22-8-4-3-5-9-22;/h3-6,8-10,14,18,23-24H,2,7,11-13,15-17,19-20H2,1H3,(H,27,28);1H. The van der Waals surface area contributed by atoms with E-state index >= 15 is 0 Å². The molecule has 2 aromatic rings. The molecule has 1 aromatic carbocycles. The lowest BCUT2D eigenvalue weighted by Gasteiger charge is -2.48. The number of piperidine rings is 2. The maximum absolute atomic E-state index is 4.95. The molecule has 2 aliphatic heterocycles. The molecule has 6 heteroatoms. The number of guanidine groups is 1. The molecule has 168 valence electrons. The lowest BCUT2D eigenvalue weighted by Crippen LogP contribution is -2.56. The number of halogens is 1. The Morgan fingerprint density at radius 3 is 2.71 bits per heavy atom. The van der Waals surface area contributed by atoms with E-state index in [9.17, 15) is 0 Å². The molecule has 2 fully saturated rings. The summed E-state index contributed by atoms with van der Waals surface area (Å²) in [4.78, 5) is 14.4. The highest BCUT2D eigenvalue weighted by molar-refractivity contribution is 14.0. The lowest BCUT2D eigenvalue weighted by molar-refractivity contribution is 0.0372. The predicted octanol–water partition coefficient (Wildman–Crippen LogP) is 4.19. The van der Waals surface area contributed by atoms with Crippen molar-refractivity contribution in [3.8, 4) is 0 Å². The molecule has 0 saturated carbocycles. The van der Waals surface area contributed by atoms with Crippen LogP contribution in [0, 0.1) is 5.92 Å². The van der Waals surface area contributed by atoms with Gasteiger partial charge in [-0.3, -0.25) is 14.9 Å². The van der Waals surface area contributed by atoms with Crippen LogP contribution in [-0.4, -0.2) is 59.5 Å². The first-order valence-corrected chi connectivity index (χ1v) is 11.5. The van der Waals surface area contributed by atoms with E-state index in [4.69, 9.17) is 4.99 Å². The highest BCUT2D eigenvalue weighted by Gasteiger charge is 2.36. The van der Waals surface area contributed by atoms with Crippen molar-refractivity contribution in [2.45, 2.75) is 45.2 Å². The van der Waals surface area contributed by atoms with Gasteiger partial charge in [0.15, 0.2) is 5.96 Å². The zero-order chi connectivity index (χ0) is 20.6. The molecule has 2 atom stereocenters. The van der Waals surface area contributed by atoms with Crippen molar-refractivity contribution in [3.05, 3.63) is 66.0 Å². The Hall–Kier alpha value is -1.67. The number of rotatable bonds is 6. The van der Waals surface area contributed by atoms with Gasteiger partial charge in [0.1, 0.15) is 0 Å². The van der Waals surface area contributed by atoms with Gasteiger partial charge in [-0.2, -0.15) is 0 Å². The molecule has 0 amide bonds. The van der Waals surface area contributed by atoms with Crippen molar-refractivity contribution in [3.63, 3.8) is 0 Å². The monoisotopic (exact) mass is 533 g/mol. The molecule has 2 saturated heterocycles. The molecule has 4 rings (SSSR count). The lowest BCUT2D eigenvalue weighted by atomic mass is 9.83. The van der Waals surface area contributed by atoms with Crippen molar-refractivity contribution in [1.29, 1.82) is 0 Å². The van der Waals surface area contributed by atoms with Crippen LogP contribution in [0.25, 0.3) is 0 Å². The van der Waals surface area contributed by atoms with E-state index in [-0.39, 0.29) is 24.0 Å². The molecule has 5 nitrogen and oxygen atoms in total. The van der Waals surface area contributed by atoms with Crippen LogP contribution >= 0.6 is 24.0 Å². The van der Waals surface area contributed by atoms with E-state index in [0.29, 0.717) is 6.04 Å². The first kappa shape index (κ1) is 24.0. The van der Waals surface area contributed by atoms with Gasteiger partial charge in [0.2, 0.25) is 0 Å². The van der Waals surface area contributed by atoms with Crippen LogP contribution in [0.5, 0.6) is 0 Å². The highest BCUT2D eigenvalue weighted by atomic mass is 127. The number of nitrogens with zero attached hydrogens (tertiary/aromatic N) is 4. The molecule has 2 aliphatic rings. The van der Waals surface area contributed by atoms with Gasteiger partial charge >= 0.3 is 0 Å². The second-order valence-corrected chi connectivity index (χ2v) is 8.51. The number of likely N-dealkylation sites (tertiary alicyclic amines) is 2. The van der Waals surface area contributed by atoms with Crippen molar-refractivity contribution in [2.24, 2.45) is 10.9 Å². The summed E-state index contributed by atoms with van der Waals surface area (Å²) in [5.74, 6) is 1.82. The van der Waals surface area contributed by atoms with Crippen LogP contribution in [0.2, 0.25) is 0 Å². The van der Waals surface area contributed by atoms with Gasteiger partial charge in [0.05, 0.1) is 0 Å². The summed E-state index contributed by atoms with van der Waals surface area (Å²) < 4.78 is 0. The number of aliphatic imine (C=N–C) groups is 1. The third-order valence-electron chi connectivity index (χ3n) is 6.43. The number of aromatic nitrogens is 1. The van der Waals surface area contributed by atoms with Gasteiger partial charge in [0.25, 0.3) is 0 Å². The number of nitrogens with one attached hydrogen (secondary N) is 1. The second kappa shape index (κ2) is 12.4. The molecule has 0 aliphatic carbocycles. The third-order valence-corrected chi connectivity index (χ3v) is 6.43. The number of pyridine rings is 1. The highest BCUT2D eigenvalue weighted by Crippen LogP contribution is 2.31. The summed E-state index contributed by atoms with van der Waals surface area (Å²) in [5.41, 5.74) is 2.69. The Morgan fingerprint density at radius 1 is 1.10 bits per heavy atom. The van der Waals surface area contributed by atoms with Crippen LogP contribution in [0.1, 0.15) is 37.3 Å². The number of hydrogen-bond donors (Lipinski definition) is 1. The van der Waals surface area contributed by atoms with Crippen molar-refractivity contribution < 1.29 is 0 Å². The van der Waals surface area contributed by atoms with Crippen LogP contribution in [-0.2, 0) is 13.0 Å². The average molecular weight is 534 g/mol. The molecule has 0 spiro atoms. The minimum absolute atomic E-state index is 0. The average Bonchev–Trinajstić information content (AvgIpc) is 2.80. The quantitative estimate of drug-likeness (QED) is 0.344.